The molecular weight excluding hydrogens is 232 g/mol. The van der Waals surface area contributed by atoms with Crippen LogP contribution in [0.15, 0.2) is 10.9 Å². The van der Waals surface area contributed by atoms with Crippen LogP contribution >= 0.6 is 0 Å². The minimum absolute atomic E-state index is 0.180. The Balaban J connectivity index is 2.16. The van der Waals surface area contributed by atoms with Gasteiger partial charge in [0.25, 0.3) is 5.56 Å². The van der Waals surface area contributed by atoms with Crippen molar-refractivity contribution < 1.29 is 5.11 Å². The average molecular weight is 248 g/mol. The Kier molecular flexibility index (Phi) is 2.50. The van der Waals surface area contributed by atoms with Crippen LogP contribution in [0.5, 0.6) is 5.88 Å². The fraction of sp³-hybridized carbons (Fsp3) is 0.500. The zero-order valence-electron chi connectivity index (χ0n) is 10.0. The molecule has 0 amide bonds. The molecule has 4 N–H and O–H groups in total. The molecule has 0 radical (unpaired) electrons. The second kappa shape index (κ2) is 4.04. The fourth-order valence-corrected chi connectivity index (χ4v) is 2.75. The van der Waals surface area contributed by atoms with Crippen LogP contribution in [0.3, 0.4) is 0 Å². The normalized spacial score (nSPS) is 17.3. The highest BCUT2D eigenvalue weighted by molar-refractivity contribution is 5.88. The summed E-state index contributed by atoms with van der Waals surface area (Å²) in [5, 5.41) is 14.1. The maximum absolute atomic E-state index is 11.8. The van der Waals surface area contributed by atoms with E-state index in [1.807, 2.05) is 0 Å². The highest BCUT2D eigenvalue weighted by Gasteiger charge is 2.21. The highest BCUT2D eigenvalue weighted by atomic mass is 16.3. The van der Waals surface area contributed by atoms with E-state index in [4.69, 9.17) is 5.73 Å². The van der Waals surface area contributed by atoms with Gasteiger partial charge in [0.1, 0.15) is 16.7 Å². The van der Waals surface area contributed by atoms with Crippen molar-refractivity contribution in [3.8, 4) is 5.88 Å². The standard InChI is InChI=1S/C12H16N4O2/c13-11-10-8(6-9(17)14-12(10)18)15-16(11)7-4-2-1-3-5-7/h6-7,17H,1-5,13H2,(H,14,18). The van der Waals surface area contributed by atoms with E-state index in [0.29, 0.717) is 16.7 Å². The number of H-pyrrole nitrogens is 1. The first-order chi connectivity index (χ1) is 8.66. The third-order valence-corrected chi connectivity index (χ3v) is 3.64. The Labute approximate surface area is 103 Å². The molecule has 1 aliphatic rings. The van der Waals surface area contributed by atoms with Gasteiger partial charge in [-0.15, -0.1) is 0 Å². The lowest BCUT2D eigenvalue weighted by atomic mass is 9.96. The summed E-state index contributed by atoms with van der Waals surface area (Å²) in [5.41, 5.74) is 6.09. The third kappa shape index (κ3) is 1.64. The number of anilines is 1. The molecule has 3 rings (SSSR count). The van der Waals surface area contributed by atoms with E-state index in [1.54, 1.807) is 4.68 Å². The van der Waals surface area contributed by atoms with E-state index >= 15 is 0 Å². The van der Waals surface area contributed by atoms with Gasteiger partial charge in [-0.3, -0.25) is 9.78 Å². The summed E-state index contributed by atoms with van der Waals surface area (Å²) >= 11 is 0. The van der Waals surface area contributed by atoms with Crippen molar-refractivity contribution in [2.75, 3.05) is 5.73 Å². The van der Waals surface area contributed by atoms with Gasteiger partial charge >= 0.3 is 0 Å². The van der Waals surface area contributed by atoms with Crippen LogP contribution in [-0.4, -0.2) is 19.9 Å². The second-order valence-electron chi connectivity index (χ2n) is 4.87. The van der Waals surface area contributed by atoms with Crippen molar-refractivity contribution in [3.05, 3.63) is 16.4 Å². The average Bonchev–Trinajstić information content (AvgIpc) is 2.67. The van der Waals surface area contributed by atoms with E-state index in [9.17, 15) is 9.90 Å². The molecule has 0 unspecified atom stereocenters. The number of nitrogens with two attached hydrogens (primary N) is 1. The topological polar surface area (TPSA) is 96.9 Å². The highest BCUT2D eigenvalue weighted by Crippen LogP contribution is 2.31. The lowest BCUT2D eigenvalue weighted by molar-refractivity contribution is 0.335. The maximum Gasteiger partial charge on any atom is 0.263 e. The molecule has 0 atom stereocenters. The van der Waals surface area contributed by atoms with Gasteiger partial charge < -0.3 is 10.8 Å². The number of nitrogens with zero attached hydrogens (tertiary/aromatic N) is 2. The van der Waals surface area contributed by atoms with Crippen molar-refractivity contribution in [3.63, 3.8) is 0 Å². The Morgan fingerprint density at radius 3 is 2.83 bits per heavy atom. The number of hydrogen-bond donors (Lipinski definition) is 3. The van der Waals surface area contributed by atoms with Gasteiger partial charge in [-0.2, -0.15) is 5.10 Å². The third-order valence-electron chi connectivity index (χ3n) is 3.64. The molecule has 0 saturated heterocycles. The quantitative estimate of drug-likeness (QED) is 0.712. The molecule has 2 heterocycles. The lowest BCUT2D eigenvalue weighted by Crippen LogP contribution is -2.16. The molecule has 6 nitrogen and oxygen atoms in total. The van der Waals surface area contributed by atoms with Crippen LogP contribution in [0.4, 0.5) is 5.82 Å². The number of aromatic amines is 1. The zero-order valence-corrected chi connectivity index (χ0v) is 10.0. The number of pyridine rings is 1. The fourth-order valence-electron chi connectivity index (χ4n) is 2.75. The summed E-state index contributed by atoms with van der Waals surface area (Å²) in [6, 6.07) is 1.71. The summed E-state index contributed by atoms with van der Waals surface area (Å²) < 4.78 is 1.75. The number of hydrogen-bond acceptors (Lipinski definition) is 4. The number of nitrogens with one attached hydrogen (secondary N) is 1. The molecule has 0 aromatic carbocycles. The molecule has 1 aliphatic carbocycles. The van der Waals surface area contributed by atoms with E-state index in [0.717, 1.165) is 12.8 Å². The van der Waals surface area contributed by atoms with E-state index < -0.39 is 0 Å². The second-order valence-corrected chi connectivity index (χ2v) is 4.87. The first kappa shape index (κ1) is 11.1. The zero-order chi connectivity index (χ0) is 12.7. The lowest BCUT2D eigenvalue weighted by Gasteiger charge is -2.22. The van der Waals surface area contributed by atoms with Crippen molar-refractivity contribution in [1.29, 1.82) is 0 Å². The van der Waals surface area contributed by atoms with Gasteiger partial charge in [0.15, 0.2) is 5.88 Å². The van der Waals surface area contributed by atoms with Gasteiger partial charge in [0, 0.05) is 6.07 Å². The molecule has 18 heavy (non-hydrogen) atoms. The molecule has 6 heteroatoms. The Hall–Kier alpha value is -1.98. The Bertz CT molecular complexity index is 637. The predicted octanol–water partition coefficient (Wildman–Crippen LogP) is 1.52. The van der Waals surface area contributed by atoms with Crippen LogP contribution in [-0.2, 0) is 0 Å². The molecule has 2 aromatic heterocycles. The number of aromatic hydroxyl groups is 1. The maximum atomic E-state index is 11.8. The number of fused-ring (bicyclic) bond motifs is 1. The Morgan fingerprint density at radius 1 is 1.39 bits per heavy atom. The molecule has 0 bridgehead atoms. The van der Waals surface area contributed by atoms with Crippen LogP contribution in [0, 0.1) is 0 Å². The van der Waals surface area contributed by atoms with Gasteiger partial charge in [-0.05, 0) is 12.8 Å². The molecular formula is C12H16N4O2. The number of nitrogen functional groups attached to an aromatic ring is 1. The summed E-state index contributed by atoms with van der Waals surface area (Å²) in [6.07, 6.45) is 5.67. The molecule has 0 spiro atoms. The van der Waals surface area contributed by atoms with Crippen molar-refractivity contribution in [2.24, 2.45) is 0 Å². The first-order valence-corrected chi connectivity index (χ1v) is 6.27. The largest absolute Gasteiger partial charge is 0.494 e. The van der Waals surface area contributed by atoms with Gasteiger partial charge in [0.2, 0.25) is 0 Å². The monoisotopic (exact) mass is 248 g/mol. The minimum Gasteiger partial charge on any atom is -0.494 e. The summed E-state index contributed by atoms with van der Waals surface area (Å²) in [7, 11) is 0. The molecule has 1 fully saturated rings. The minimum atomic E-state index is -0.385. The van der Waals surface area contributed by atoms with E-state index in [-0.39, 0.29) is 17.5 Å². The van der Waals surface area contributed by atoms with Gasteiger partial charge in [-0.25, -0.2) is 4.68 Å². The van der Waals surface area contributed by atoms with Crippen LogP contribution in [0.2, 0.25) is 0 Å². The number of aromatic nitrogens is 3. The van der Waals surface area contributed by atoms with Crippen LogP contribution < -0.4 is 11.3 Å². The van der Waals surface area contributed by atoms with E-state index in [2.05, 4.69) is 10.1 Å². The summed E-state index contributed by atoms with van der Waals surface area (Å²) in [5.74, 6) is 0.221. The smallest absolute Gasteiger partial charge is 0.263 e. The van der Waals surface area contributed by atoms with Crippen LogP contribution in [0.25, 0.3) is 10.9 Å². The predicted molar refractivity (Wildman–Crippen MR) is 68.6 cm³/mol. The van der Waals surface area contributed by atoms with Gasteiger partial charge in [-0.1, -0.05) is 19.3 Å². The first-order valence-electron chi connectivity index (χ1n) is 6.27. The SMILES string of the molecule is Nc1c2c(=O)[nH]c(O)cc2nn1C1CCCCC1. The molecule has 2 aromatic rings. The molecule has 0 aliphatic heterocycles. The van der Waals surface area contributed by atoms with Crippen molar-refractivity contribution in [2.45, 2.75) is 38.1 Å². The molecule has 96 valence electrons. The summed E-state index contributed by atoms with van der Waals surface area (Å²) in [6.45, 7) is 0. The van der Waals surface area contributed by atoms with Crippen molar-refractivity contribution >= 4 is 16.7 Å². The van der Waals surface area contributed by atoms with Crippen molar-refractivity contribution in [1.82, 2.24) is 14.8 Å². The van der Waals surface area contributed by atoms with Gasteiger partial charge in [0.05, 0.1) is 6.04 Å². The summed E-state index contributed by atoms with van der Waals surface area (Å²) in [4.78, 5) is 14.1. The Morgan fingerprint density at radius 2 is 2.11 bits per heavy atom. The van der Waals surface area contributed by atoms with E-state index in [1.165, 1.54) is 25.3 Å². The molecule has 1 saturated carbocycles. The van der Waals surface area contributed by atoms with Crippen LogP contribution in [0.1, 0.15) is 38.1 Å². The number of rotatable bonds is 1.